The quantitative estimate of drug-likeness (QED) is 0.331. The van der Waals surface area contributed by atoms with Gasteiger partial charge in [-0.3, -0.25) is 0 Å². The summed E-state index contributed by atoms with van der Waals surface area (Å²) in [6.07, 6.45) is 10.8. The van der Waals surface area contributed by atoms with Gasteiger partial charge in [0.2, 0.25) is 0 Å². The summed E-state index contributed by atoms with van der Waals surface area (Å²) in [6.45, 7) is 3.97. The molecule has 0 saturated carbocycles. The van der Waals surface area contributed by atoms with E-state index < -0.39 is 11.6 Å². The van der Waals surface area contributed by atoms with Crippen molar-refractivity contribution in [3.63, 3.8) is 0 Å². The molecule has 1 aliphatic rings. The van der Waals surface area contributed by atoms with E-state index in [0.717, 1.165) is 31.2 Å². The summed E-state index contributed by atoms with van der Waals surface area (Å²) < 4.78 is 44.0. The molecule has 3 aromatic carbocycles. The van der Waals surface area contributed by atoms with Crippen LogP contribution in [-0.2, 0) is 6.42 Å². The Balaban J connectivity index is 1.56. The van der Waals surface area contributed by atoms with Gasteiger partial charge in [0.15, 0.2) is 11.6 Å². The molecular formula is C30H29F3. The molecule has 0 nitrogen and oxygen atoms in total. The second kappa shape index (κ2) is 10.2. The number of allylic oxidation sites excluding steroid dienone is 4. The summed E-state index contributed by atoms with van der Waals surface area (Å²) in [5.41, 5.74) is 4.50. The zero-order valence-corrected chi connectivity index (χ0v) is 19.2. The summed E-state index contributed by atoms with van der Waals surface area (Å²) in [7, 11) is 0. The third-order valence-electron chi connectivity index (χ3n) is 6.44. The summed E-state index contributed by atoms with van der Waals surface area (Å²) in [4.78, 5) is 0. The average Bonchev–Trinajstić information content (AvgIpc) is 2.83. The molecule has 1 unspecified atom stereocenters. The van der Waals surface area contributed by atoms with Gasteiger partial charge < -0.3 is 0 Å². The van der Waals surface area contributed by atoms with E-state index in [1.165, 1.54) is 5.57 Å². The van der Waals surface area contributed by atoms with Crippen LogP contribution < -0.4 is 0 Å². The monoisotopic (exact) mass is 446 g/mol. The molecule has 0 radical (unpaired) electrons. The van der Waals surface area contributed by atoms with Gasteiger partial charge in [-0.05, 0) is 72.4 Å². The Morgan fingerprint density at radius 3 is 2.12 bits per heavy atom. The van der Waals surface area contributed by atoms with Crippen LogP contribution in [0.25, 0.3) is 27.8 Å². The average molecular weight is 447 g/mol. The fourth-order valence-electron chi connectivity index (χ4n) is 4.62. The molecule has 0 amide bonds. The molecule has 0 saturated heterocycles. The molecule has 0 spiro atoms. The highest BCUT2D eigenvalue weighted by Gasteiger charge is 2.16. The molecule has 0 aliphatic heterocycles. The molecule has 1 atom stereocenters. The Bertz CT molecular complexity index is 1190. The highest BCUT2D eigenvalue weighted by Crippen LogP contribution is 2.34. The van der Waals surface area contributed by atoms with Crippen molar-refractivity contribution in [1.29, 1.82) is 0 Å². The SMILES string of the molecule is CC=CC1CC=C(c2ccc(-c3ccc(-c4ccc(CCC)c(F)c4F)cc3)c(F)c2)CC1. The third-order valence-corrected chi connectivity index (χ3v) is 6.44. The molecule has 4 rings (SSSR count). The predicted molar refractivity (Wildman–Crippen MR) is 131 cm³/mol. The first-order chi connectivity index (χ1) is 16.0. The molecule has 3 aromatic rings. The van der Waals surface area contributed by atoms with Gasteiger partial charge in [0, 0.05) is 11.1 Å². The van der Waals surface area contributed by atoms with Crippen molar-refractivity contribution in [3.05, 3.63) is 101 Å². The Morgan fingerprint density at radius 1 is 0.848 bits per heavy atom. The highest BCUT2D eigenvalue weighted by molar-refractivity contribution is 5.74. The van der Waals surface area contributed by atoms with Gasteiger partial charge in [-0.15, -0.1) is 0 Å². The maximum atomic E-state index is 15.0. The van der Waals surface area contributed by atoms with Gasteiger partial charge in [0.25, 0.3) is 0 Å². The summed E-state index contributed by atoms with van der Waals surface area (Å²) in [5, 5.41) is 0. The van der Waals surface area contributed by atoms with E-state index in [2.05, 4.69) is 18.2 Å². The Labute approximate surface area is 194 Å². The number of aryl methyl sites for hydroxylation is 1. The lowest BCUT2D eigenvalue weighted by atomic mass is 9.86. The van der Waals surface area contributed by atoms with Gasteiger partial charge in [-0.25, -0.2) is 13.2 Å². The van der Waals surface area contributed by atoms with Crippen LogP contribution in [0.4, 0.5) is 13.2 Å². The van der Waals surface area contributed by atoms with E-state index in [1.54, 1.807) is 48.5 Å². The lowest BCUT2D eigenvalue weighted by Crippen LogP contribution is -2.02. The van der Waals surface area contributed by atoms with Crippen molar-refractivity contribution >= 4 is 5.57 Å². The minimum absolute atomic E-state index is 0.218. The van der Waals surface area contributed by atoms with Crippen molar-refractivity contribution in [2.24, 2.45) is 5.92 Å². The molecule has 0 heterocycles. The van der Waals surface area contributed by atoms with E-state index in [9.17, 15) is 13.2 Å². The lowest BCUT2D eigenvalue weighted by molar-refractivity contribution is 0.500. The van der Waals surface area contributed by atoms with E-state index in [-0.39, 0.29) is 11.4 Å². The van der Waals surface area contributed by atoms with Crippen molar-refractivity contribution in [2.45, 2.75) is 46.0 Å². The number of hydrogen-bond acceptors (Lipinski definition) is 0. The molecule has 0 bridgehead atoms. The largest absolute Gasteiger partial charge is 0.206 e. The van der Waals surface area contributed by atoms with Crippen molar-refractivity contribution in [2.75, 3.05) is 0 Å². The standard InChI is InChI=1S/C30H29F3/c1-3-5-20-7-9-21(10-8-20)25-16-17-26(28(31)19-25)22-11-13-23(14-12-22)27-18-15-24(6-4-2)29(32)30(27)33/h3,5,9,11-20H,4,6-8,10H2,1-2H3. The van der Waals surface area contributed by atoms with Gasteiger partial charge in [-0.2, -0.15) is 0 Å². The zero-order valence-electron chi connectivity index (χ0n) is 19.2. The van der Waals surface area contributed by atoms with Crippen molar-refractivity contribution in [3.8, 4) is 22.3 Å². The molecule has 0 N–H and O–H groups in total. The predicted octanol–water partition coefficient (Wildman–Crippen LogP) is 9.15. The maximum absolute atomic E-state index is 15.0. The fraction of sp³-hybridized carbons (Fsp3) is 0.267. The second-order valence-corrected chi connectivity index (χ2v) is 8.71. The smallest absolute Gasteiger partial charge is 0.166 e. The van der Waals surface area contributed by atoms with E-state index in [0.29, 0.717) is 34.6 Å². The first kappa shape index (κ1) is 23.1. The van der Waals surface area contributed by atoms with Crippen LogP contribution in [0.15, 0.2) is 72.8 Å². The zero-order chi connectivity index (χ0) is 23.4. The maximum Gasteiger partial charge on any atom is 0.166 e. The molecule has 33 heavy (non-hydrogen) atoms. The van der Waals surface area contributed by atoms with E-state index >= 15 is 0 Å². The van der Waals surface area contributed by atoms with E-state index in [1.807, 2.05) is 19.9 Å². The third kappa shape index (κ3) is 4.98. The molecular weight excluding hydrogens is 417 g/mol. The first-order valence-electron chi connectivity index (χ1n) is 11.7. The summed E-state index contributed by atoms with van der Waals surface area (Å²) >= 11 is 0. The molecule has 0 aromatic heterocycles. The Kier molecular flexibility index (Phi) is 7.17. The summed E-state index contributed by atoms with van der Waals surface area (Å²) in [5.74, 6) is -1.32. The van der Waals surface area contributed by atoms with Crippen LogP contribution in [0.2, 0.25) is 0 Å². The number of hydrogen-bond donors (Lipinski definition) is 0. The normalized spacial score (nSPS) is 16.3. The minimum Gasteiger partial charge on any atom is -0.206 e. The van der Waals surface area contributed by atoms with Gasteiger partial charge in [-0.1, -0.05) is 80.1 Å². The van der Waals surface area contributed by atoms with Crippen molar-refractivity contribution < 1.29 is 13.2 Å². The van der Waals surface area contributed by atoms with Gasteiger partial charge >= 0.3 is 0 Å². The molecule has 170 valence electrons. The van der Waals surface area contributed by atoms with Crippen molar-refractivity contribution in [1.82, 2.24) is 0 Å². The lowest BCUT2D eigenvalue weighted by Gasteiger charge is -2.20. The topological polar surface area (TPSA) is 0 Å². The number of rotatable bonds is 6. The second-order valence-electron chi connectivity index (χ2n) is 8.71. The van der Waals surface area contributed by atoms with Crippen LogP contribution >= 0.6 is 0 Å². The summed E-state index contributed by atoms with van der Waals surface area (Å²) in [6, 6.07) is 15.6. The highest BCUT2D eigenvalue weighted by atomic mass is 19.2. The number of halogens is 3. The molecule has 1 aliphatic carbocycles. The fourth-order valence-corrected chi connectivity index (χ4v) is 4.62. The van der Waals surface area contributed by atoms with Crippen LogP contribution in [0.5, 0.6) is 0 Å². The van der Waals surface area contributed by atoms with E-state index in [4.69, 9.17) is 0 Å². The van der Waals surface area contributed by atoms with Crippen LogP contribution in [0.3, 0.4) is 0 Å². The first-order valence-corrected chi connectivity index (χ1v) is 11.7. The Morgan fingerprint density at radius 2 is 1.52 bits per heavy atom. The van der Waals surface area contributed by atoms with Crippen LogP contribution in [0.1, 0.15) is 50.7 Å². The van der Waals surface area contributed by atoms with Crippen LogP contribution in [0, 0.1) is 23.4 Å². The minimum atomic E-state index is -0.832. The van der Waals surface area contributed by atoms with Crippen LogP contribution in [-0.4, -0.2) is 0 Å². The Hall–Kier alpha value is -3.07. The van der Waals surface area contributed by atoms with Gasteiger partial charge in [0.1, 0.15) is 5.82 Å². The van der Waals surface area contributed by atoms with Gasteiger partial charge in [0.05, 0.1) is 0 Å². The molecule has 3 heteroatoms. The number of benzene rings is 3. The molecule has 0 fully saturated rings.